The van der Waals surface area contributed by atoms with Crippen molar-refractivity contribution >= 4 is 5.91 Å². The Balaban J connectivity index is 1.55. The summed E-state index contributed by atoms with van der Waals surface area (Å²) in [4.78, 5) is 18.5. The van der Waals surface area contributed by atoms with Crippen LogP contribution < -0.4 is 15.2 Å². The van der Waals surface area contributed by atoms with Crippen molar-refractivity contribution in [2.24, 2.45) is 5.73 Å². The Kier molecular flexibility index (Phi) is 5.36. The molecule has 0 bridgehead atoms. The molecule has 1 aliphatic rings. The lowest BCUT2D eigenvalue weighted by molar-refractivity contribution is -0.118. The lowest BCUT2D eigenvalue weighted by Gasteiger charge is -2.20. The summed E-state index contributed by atoms with van der Waals surface area (Å²) in [7, 11) is 0. The molecule has 3 rings (SSSR count). The van der Waals surface area contributed by atoms with Gasteiger partial charge in [-0.05, 0) is 25.0 Å². The van der Waals surface area contributed by atoms with Crippen molar-refractivity contribution in [1.29, 1.82) is 0 Å². The van der Waals surface area contributed by atoms with E-state index in [1.807, 2.05) is 24.4 Å². The molecule has 0 saturated heterocycles. The summed E-state index contributed by atoms with van der Waals surface area (Å²) in [6, 6.07) is 5.89. The quantitative estimate of drug-likeness (QED) is 0.729. The first-order valence-electron chi connectivity index (χ1n) is 8.45. The van der Waals surface area contributed by atoms with Gasteiger partial charge in [0.15, 0.2) is 11.5 Å². The molecular formula is C18H23N3O3. The number of aromatic nitrogens is 2. The molecule has 0 fully saturated rings. The summed E-state index contributed by atoms with van der Waals surface area (Å²) in [6.45, 7) is 1.15. The molecule has 6 nitrogen and oxygen atoms in total. The van der Waals surface area contributed by atoms with E-state index in [1.165, 1.54) is 0 Å². The van der Waals surface area contributed by atoms with Crippen LogP contribution in [0.5, 0.6) is 11.5 Å². The molecule has 0 spiro atoms. The lowest BCUT2D eigenvalue weighted by Crippen LogP contribution is -2.15. The van der Waals surface area contributed by atoms with Crippen LogP contribution in [-0.2, 0) is 11.2 Å². The number of para-hydroxylation sites is 1. The fourth-order valence-corrected chi connectivity index (χ4v) is 2.86. The molecular weight excluding hydrogens is 306 g/mol. The van der Waals surface area contributed by atoms with Crippen molar-refractivity contribution in [3.63, 3.8) is 0 Å². The number of nitrogens with zero attached hydrogens (tertiary/aromatic N) is 1. The Morgan fingerprint density at radius 1 is 1.17 bits per heavy atom. The number of rotatable bonds is 8. The van der Waals surface area contributed by atoms with Crippen LogP contribution >= 0.6 is 0 Å². The van der Waals surface area contributed by atoms with Crippen LogP contribution in [0.3, 0.4) is 0 Å². The lowest BCUT2D eigenvalue weighted by atomic mass is 10.1. The van der Waals surface area contributed by atoms with Crippen molar-refractivity contribution in [3.8, 4) is 22.8 Å². The van der Waals surface area contributed by atoms with Crippen LogP contribution in [0, 0.1) is 0 Å². The van der Waals surface area contributed by atoms with Gasteiger partial charge in [0.2, 0.25) is 5.91 Å². The maximum Gasteiger partial charge on any atom is 0.217 e. The van der Waals surface area contributed by atoms with Gasteiger partial charge in [-0.2, -0.15) is 0 Å². The number of hydrogen-bond donors (Lipinski definition) is 2. The number of aryl methyl sites for hydroxylation is 1. The Hall–Kier alpha value is -2.50. The first-order valence-corrected chi connectivity index (χ1v) is 8.45. The summed E-state index contributed by atoms with van der Waals surface area (Å²) in [5.41, 5.74) is 7.06. The second kappa shape index (κ2) is 7.86. The number of nitrogens with two attached hydrogens (primary N) is 1. The predicted molar refractivity (Wildman–Crippen MR) is 91.0 cm³/mol. The number of benzene rings is 1. The highest BCUT2D eigenvalue weighted by Gasteiger charge is 2.17. The molecule has 1 amide bonds. The van der Waals surface area contributed by atoms with E-state index < -0.39 is 0 Å². The summed E-state index contributed by atoms with van der Waals surface area (Å²) in [6.07, 6.45) is 7.21. The van der Waals surface area contributed by atoms with Gasteiger partial charge >= 0.3 is 0 Å². The third kappa shape index (κ3) is 4.07. The topological polar surface area (TPSA) is 90.2 Å². The molecule has 24 heavy (non-hydrogen) atoms. The van der Waals surface area contributed by atoms with Crippen molar-refractivity contribution < 1.29 is 14.3 Å². The number of aromatic amines is 1. The van der Waals surface area contributed by atoms with E-state index in [4.69, 9.17) is 15.2 Å². The van der Waals surface area contributed by atoms with Crippen LogP contribution in [0.2, 0.25) is 0 Å². The van der Waals surface area contributed by atoms with E-state index in [9.17, 15) is 4.79 Å². The smallest absolute Gasteiger partial charge is 0.217 e. The number of nitrogens with one attached hydrogen (secondary N) is 1. The number of primary amides is 1. The van der Waals surface area contributed by atoms with E-state index in [1.54, 1.807) is 0 Å². The summed E-state index contributed by atoms with van der Waals surface area (Å²) in [5.74, 6) is 2.31. The second-order valence-electron chi connectivity index (χ2n) is 5.95. The zero-order valence-corrected chi connectivity index (χ0v) is 13.7. The number of imidazole rings is 1. The molecule has 3 N–H and O–H groups in total. The normalized spacial score (nSPS) is 13.0. The number of carbonyl (C=O) groups is 1. The molecule has 1 aliphatic heterocycles. The van der Waals surface area contributed by atoms with Gasteiger partial charge in [0.05, 0.1) is 11.9 Å². The van der Waals surface area contributed by atoms with Crippen molar-refractivity contribution in [2.75, 3.05) is 13.2 Å². The molecule has 6 heteroatoms. The van der Waals surface area contributed by atoms with Crippen molar-refractivity contribution in [1.82, 2.24) is 9.97 Å². The number of fused-ring (bicyclic) bond motifs is 1. The summed E-state index contributed by atoms with van der Waals surface area (Å²) >= 11 is 0. The van der Waals surface area contributed by atoms with E-state index in [2.05, 4.69) is 9.97 Å². The molecule has 0 aliphatic carbocycles. The second-order valence-corrected chi connectivity index (χ2v) is 5.95. The number of carbonyl (C=O) groups excluding carboxylic acids is 1. The average molecular weight is 329 g/mol. The van der Waals surface area contributed by atoms with Crippen LogP contribution in [0.15, 0.2) is 24.4 Å². The van der Waals surface area contributed by atoms with Gasteiger partial charge in [-0.15, -0.1) is 0 Å². The van der Waals surface area contributed by atoms with Gasteiger partial charge in [-0.1, -0.05) is 18.9 Å². The van der Waals surface area contributed by atoms with Gasteiger partial charge < -0.3 is 20.2 Å². The predicted octanol–water partition coefficient (Wildman–Crippen LogP) is 2.83. The molecule has 1 aromatic carbocycles. The van der Waals surface area contributed by atoms with Crippen LogP contribution in [0.25, 0.3) is 11.3 Å². The molecule has 0 saturated carbocycles. The van der Waals surface area contributed by atoms with Gasteiger partial charge in [-0.25, -0.2) is 4.98 Å². The molecule has 2 heterocycles. The first-order chi connectivity index (χ1) is 11.7. The Morgan fingerprint density at radius 2 is 2.00 bits per heavy atom. The maximum atomic E-state index is 10.7. The molecule has 128 valence electrons. The van der Waals surface area contributed by atoms with E-state index >= 15 is 0 Å². The fraction of sp³-hybridized carbons (Fsp3) is 0.444. The highest BCUT2D eigenvalue weighted by Crippen LogP contribution is 2.39. The van der Waals surface area contributed by atoms with Gasteiger partial charge in [0, 0.05) is 18.4 Å². The Bertz CT molecular complexity index is 697. The third-order valence-electron chi connectivity index (χ3n) is 4.07. The van der Waals surface area contributed by atoms with Gasteiger partial charge in [0.25, 0.3) is 0 Å². The average Bonchev–Trinajstić information content (AvgIpc) is 3.06. The molecule has 2 aromatic rings. The van der Waals surface area contributed by atoms with Crippen LogP contribution in [0.1, 0.15) is 37.9 Å². The molecule has 0 radical (unpaired) electrons. The number of H-pyrrole nitrogens is 1. The Labute approximate surface area is 141 Å². The largest absolute Gasteiger partial charge is 0.486 e. The minimum absolute atomic E-state index is 0.219. The number of unbranched alkanes of at least 4 members (excludes halogenated alkanes) is 3. The minimum Gasteiger partial charge on any atom is -0.486 e. The summed E-state index contributed by atoms with van der Waals surface area (Å²) in [5, 5.41) is 0. The standard InChI is InChI=1S/C18H23N3O3/c19-16(22)8-3-1-2-4-9-17-20-12-14(21-17)13-6-5-7-15-18(13)24-11-10-23-15/h5-7,12H,1-4,8-11H2,(H2,19,22)(H,20,21). The molecule has 0 unspecified atom stereocenters. The maximum absolute atomic E-state index is 10.7. The third-order valence-corrected chi connectivity index (χ3v) is 4.07. The SMILES string of the molecule is NC(=O)CCCCCCc1ncc(-c2cccc3c2OCCO3)[nH]1. The van der Waals surface area contributed by atoms with Gasteiger partial charge in [-0.3, -0.25) is 4.79 Å². The van der Waals surface area contributed by atoms with Crippen molar-refractivity contribution in [2.45, 2.75) is 38.5 Å². The Morgan fingerprint density at radius 3 is 2.88 bits per heavy atom. The van der Waals surface area contributed by atoms with E-state index in [-0.39, 0.29) is 5.91 Å². The molecule has 0 atom stereocenters. The minimum atomic E-state index is -0.219. The van der Waals surface area contributed by atoms with E-state index in [0.717, 1.165) is 60.7 Å². The summed E-state index contributed by atoms with van der Waals surface area (Å²) < 4.78 is 11.4. The number of ether oxygens (including phenoxy) is 2. The van der Waals surface area contributed by atoms with Gasteiger partial charge in [0.1, 0.15) is 19.0 Å². The van der Waals surface area contributed by atoms with E-state index in [0.29, 0.717) is 19.6 Å². The first kappa shape index (κ1) is 16.4. The number of amides is 1. The van der Waals surface area contributed by atoms with Crippen LogP contribution in [-0.4, -0.2) is 29.1 Å². The monoisotopic (exact) mass is 329 g/mol. The fourth-order valence-electron chi connectivity index (χ4n) is 2.86. The highest BCUT2D eigenvalue weighted by atomic mass is 16.6. The molecule has 1 aromatic heterocycles. The van der Waals surface area contributed by atoms with Crippen LogP contribution in [0.4, 0.5) is 0 Å². The highest BCUT2D eigenvalue weighted by molar-refractivity contribution is 5.73. The van der Waals surface area contributed by atoms with Crippen molar-refractivity contribution in [3.05, 3.63) is 30.2 Å². The zero-order valence-electron chi connectivity index (χ0n) is 13.7. The number of hydrogen-bond acceptors (Lipinski definition) is 4. The zero-order chi connectivity index (χ0) is 16.8.